The predicted molar refractivity (Wildman–Crippen MR) is 236 cm³/mol. The summed E-state index contributed by atoms with van der Waals surface area (Å²) >= 11 is 0. The van der Waals surface area contributed by atoms with Crippen molar-refractivity contribution in [1.82, 2.24) is 0 Å². The Morgan fingerprint density at radius 2 is 1.27 bits per heavy atom. The minimum Gasteiger partial charge on any atom is -0.486 e. The lowest BCUT2D eigenvalue weighted by Crippen LogP contribution is -2.43. The molecule has 0 fully saturated rings. The van der Waals surface area contributed by atoms with Crippen molar-refractivity contribution >= 4 is 45.3 Å². The van der Waals surface area contributed by atoms with Crippen molar-refractivity contribution in [3.63, 3.8) is 0 Å². The number of Topliss-reactive ketones (excluding diaryl/α,β-unsaturated/α-hetero) is 2. The second-order valence-corrected chi connectivity index (χ2v) is 14.8. The zero-order chi connectivity index (χ0) is 44.9. The lowest BCUT2D eigenvalue weighted by molar-refractivity contribution is -0.164. The standard InChI is InChI=1S/C50H52O12/c1-7-18-33(8-2)45(53)39-27-35-22-24-38(30-42(35)60-47(39)55)58-32-44(52)62-49(9-3,10-4)25-16-17-26-59-50(11-5,12-6)43(51)31-57-37-23-21-36-28-40(48(56)61-41(36)29-37)46(54)34-19-14-13-15-20-34/h7-8,13-15,18-24,27-30H,1-2,9-12,16-17,25-26,31-32H2,3-6H3/b33-18+. The fraction of sp³-hybridized carbons (Fsp3) is 0.320. The van der Waals surface area contributed by atoms with Gasteiger partial charge in [0.1, 0.15) is 51.6 Å². The fourth-order valence-electron chi connectivity index (χ4n) is 7.18. The van der Waals surface area contributed by atoms with Gasteiger partial charge in [0.25, 0.3) is 0 Å². The van der Waals surface area contributed by atoms with Crippen molar-refractivity contribution in [1.29, 1.82) is 0 Å². The van der Waals surface area contributed by atoms with Crippen LogP contribution in [0.4, 0.5) is 0 Å². The third-order valence-corrected chi connectivity index (χ3v) is 11.1. The molecule has 12 heteroatoms. The van der Waals surface area contributed by atoms with E-state index in [-0.39, 0.29) is 52.6 Å². The Morgan fingerprint density at radius 1 is 0.694 bits per heavy atom. The molecule has 0 spiro atoms. The van der Waals surface area contributed by atoms with Crippen LogP contribution in [0.25, 0.3) is 21.9 Å². The van der Waals surface area contributed by atoms with Crippen LogP contribution < -0.4 is 20.7 Å². The number of carbonyl (C=O) groups excluding carboxylic acids is 4. The maximum atomic E-state index is 13.6. The monoisotopic (exact) mass is 844 g/mol. The smallest absolute Gasteiger partial charge is 0.347 e. The van der Waals surface area contributed by atoms with E-state index in [4.69, 9.17) is 27.8 Å². The molecule has 324 valence electrons. The van der Waals surface area contributed by atoms with E-state index in [0.29, 0.717) is 73.6 Å². The molecule has 5 aromatic rings. The summed E-state index contributed by atoms with van der Waals surface area (Å²) in [5.41, 5.74) is -2.64. The summed E-state index contributed by atoms with van der Waals surface area (Å²) in [5, 5.41) is 1.02. The number of benzene rings is 3. The summed E-state index contributed by atoms with van der Waals surface area (Å²) in [7, 11) is 0. The maximum Gasteiger partial charge on any atom is 0.347 e. The Kier molecular flexibility index (Phi) is 15.9. The van der Waals surface area contributed by atoms with Crippen LogP contribution in [0.5, 0.6) is 11.5 Å². The van der Waals surface area contributed by atoms with Crippen LogP contribution in [-0.4, -0.2) is 54.3 Å². The molecule has 0 atom stereocenters. The van der Waals surface area contributed by atoms with E-state index in [1.165, 1.54) is 42.5 Å². The second kappa shape index (κ2) is 21.2. The number of esters is 1. The van der Waals surface area contributed by atoms with Gasteiger partial charge in [-0.3, -0.25) is 14.4 Å². The Hall–Kier alpha value is -6.66. The molecule has 0 aliphatic rings. The number of carbonyl (C=O) groups is 4. The van der Waals surface area contributed by atoms with E-state index < -0.39 is 40.0 Å². The number of allylic oxidation sites excluding steroid dienone is 4. The highest BCUT2D eigenvalue weighted by Crippen LogP contribution is 2.30. The third-order valence-electron chi connectivity index (χ3n) is 11.1. The summed E-state index contributed by atoms with van der Waals surface area (Å²) in [6.45, 7) is 14.5. The molecular formula is C50H52O12. The Bertz CT molecular complexity index is 2590. The topological polar surface area (TPSA) is 166 Å². The molecule has 2 heterocycles. The van der Waals surface area contributed by atoms with Crippen LogP contribution in [0.3, 0.4) is 0 Å². The minimum atomic E-state index is -1.07. The van der Waals surface area contributed by atoms with Crippen molar-refractivity contribution in [2.75, 3.05) is 19.8 Å². The molecule has 0 aliphatic heterocycles. The first-order valence-electron chi connectivity index (χ1n) is 20.7. The van der Waals surface area contributed by atoms with Gasteiger partial charge in [0.15, 0.2) is 18.2 Å². The van der Waals surface area contributed by atoms with Gasteiger partial charge in [-0.2, -0.15) is 0 Å². The lowest BCUT2D eigenvalue weighted by Gasteiger charge is -2.32. The van der Waals surface area contributed by atoms with Crippen molar-refractivity contribution < 1.29 is 47.0 Å². The van der Waals surface area contributed by atoms with Gasteiger partial charge in [-0.25, -0.2) is 14.4 Å². The molecule has 3 aromatic carbocycles. The molecule has 0 N–H and O–H groups in total. The van der Waals surface area contributed by atoms with Gasteiger partial charge in [0, 0.05) is 40.6 Å². The Balaban J connectivity index is 1.11. The largest absolute Gasteiger partial charge is 0.486 e. The van der Waals surface area contributed by atoms with E-state index in [9.17, 15) is 28.8 Å². The van der Waals surface area contributed by atoms with Gasteiger partial charge < -0.3 is 27.8 Å². The van der Waals surface area contributed by atoms with Crippen molar-refractivity contribution in [3.8, 4) is 11.5 Å². The van der Waals surface area contributed by atoms with Crippen LogP contribution >= 0.6 is 0 Å². The number of ketones is 3. The lowest BCUT2D eigenvalue weighted by atomic mass is 9.90. The predicted octanol–water partition coefficient (Wildman–Crippen LogP) is 9.49. The van der Waals surface area contributed by atoms with E-state index >= 15 is 0 Å². The Labute approximate surface area is 359 Å². The van der Waals surface area contributed by atoms with Crippen LogP contribution in [0.1, 0.15) is 98.9 Å². The highest BCUT2D eigenvalue weighted by Gasteiger charge is 2.36. The molecular weight excluding hydrogens is 793 g/mol. The Morgan fingerprint density at radius 3 is 1.84 bits per heavy atom. The summed E-state index contributed by atoms with van der Waals surface area (Å²) in [4.78, 5) is 77.7. The number of fused-ring (bicyclic) bond motifs is 2. The molecule has 12 nitrogen and oxygen atoms in total. The van der Waals surface area contributed by atoms with Gasteiger partial charge >= 0.3 is 17.2 Å². The second-order valence-electron chi connectivity index (χ2n) is 14.8. The molecule has 5 rings (SSSR count). The summed E-state index contributed by atoms with van der Waals surface area (Å²) < 4.78 is 34.7. The molecule has 0 bridgehead atoms. The normalized spacial score (nSPS) is 11.9. The first-order valence-corrected chi connectivity index (χ1v) is 20.7. The van der Waals surface area contributed by atoms with Crippen molar-refractivity contribution in [2.24, 2.45) is 0 Å². The van der Waals surface area contributed by atoms with E-state index in [2.05, 4.69) is 13.2 Å². The minimum absolute atomic E-state index is 0.0769. The summed E-state index contributed by atoms with van der Waals surface area (Å²) in [6, 6.07) is 20.9. The van der Waals surface area contributed by atoms with Gasteiger partial charge in [0.2, 0.25) is 5.78 Å². The quantitative estimate of drug-likeness (QED) is 0.0144. The molecule has 0 unspecified atom stereocenters. The van der Waals surface area contributed by atoms with Crippen molar-refractivity contribution in [3.05, 3.63) is 153 Å². The number of rotatable bonds is 24. The summed E-state index contributed by atoms with van der Waals surface area (Å²) in [5.74, 6) is -1.17. The highest BCUT2D eigenvalue weighted by atomic mass is 16.6. The van der Waals surface area contributed by atoms with E-state index in [1.54, 1.807) is 54.6 Å². The SMILES string of the molecule is C=C/C=C(\C=C)C(=O)c1cc2ccc(OCC(=O)OC(CC)(CC)CCCCOC(CC)(CC)C(=O)COc3ccc4cc(C(=O)c5ccccc5)c(=O)oc4c3)cc2oc1=O. The molecule has 0 amide bonds. The van der Waals surface area contributed by atoms with Gasteiger partial charge in [-0.1, -0.05) is 89.4 Å². The van der Waals surface area contributed by atoms with Crippen LogP contribution in [0.2, 0.25) is 0 Å². The molecule has 0 saturated heterocycles. The number of ether oxygens (including phenoxy) is 4. The fourth-order valence-corrected chi connectivity index (χ4v) is 7.18. The molecule has 0 radical (unpaired) electrons. The first kappa shape index (κ1) is 46.4. The molecule has 2 aromatic heterocycles. The average molecular weight is 845 g/mol. The average Bonchev–Trinajstić information content (AvgIpc) is 3.29. The maximum absolute atomic E-state index is 13.6. The van der Waals surface area contributed by atoms with Crippen LogP contribution in [0, 0.1) is 0 Å². The van der Waals surface area contributed by atoms with E-state index in [1.807, 2.05) is 27.7 Å². The van der Waals surface area contributed by atoms with Gasteiger partial charge in [-0.15, -0.1) is 0 Å². The molecule has 0 saturated carbocycles. The number of unbranched alkanes of at least 4 members (excludes halogenated alkanes) is 1. The number of hydrogen-bond acceptors (Lipinski definition) is 12. The number of hydrogen-bond donors (Lipinski definition) is 0. The first-order chi connectivity index (χ1) is 29.8. The van der Waals surface area contributed by atoms with Crippen molar-refractivity contribution in [2.45, 2.75) is 83.8 Å². The highest BCUT2D eigenvalue weighted by molar-refractivity contribution is 6.11. The third kappa shape index (κ3) is 11.0. The molecule has 62 heavy (non-hydrogen) atoms. The van der Waals surface area contributed by atoms with E-state index in [0.717, 1.165) is 0 Å². The zero-order valence-corrected chi connectivity index (χ0v) is 35.6. The molecule has 0 aliphatic carbocycles. The zero-order valence-electron chi connectivity index (χ0n) is 35.6. The van der Waals surface area contributed by atoms with Gasteiger partial charge in [0.05, 0.1) is 0 Å². The van der Waals surface area contributed by atoms with Crippen LogP contribution in [0.15, 0.2) is 134 Å². The van der Waals surface area contributed by atoms with Gasteiger partial charge in [-0.05, 0) is 81.3 Å². The van der Waals surface area contributed by atoms with Crippen LogP contribution in [-0.2, 0) is 19.1 Å². The summed E-state index contributed by atoms with van der Waals surface area (Å²) in [6.07, 6.45) is 8.06.